The lowest BCUT2D eigenvalue weighted by atomic mass is 10.0. The standard InChI is InChI=1S/C20H38O/c1-2-3-8-11-17-14-19(17)16-20-15-18(20)12-9-6-4-5-7-10-13-21/h17-21H,2-16H2,1H3/t17-,18+,19?,20-/m0/s1. The van der Waals surface area contributed by atoms with Crippen LogP contribution in [-0.2, 0) is 0 Å². The SMILES string of the molecule is CCCCC[C@H]1CC1C[C@@H]1C[C@H]1CCCCCCCCO. The average molecular weight is 295 g/mol. The van der Waals surface area contributed by atoms with Crippen molar-refractivity contribution in [3.05, 3.63) is 0 Å². The summed E-state index contributed by atoms with van der Waals surface area (Å²) in [7, 11) is 0. The van der Waals surface area contributed by atoms with Crippen molar-refractivity contribution in [1.82, 2.24) is 0 Å². The van der Waals surface area contributed by atoms with E-state index in [1.165, 1.54) is 64.2 Å². The van der Waals surface area contributed by atoms with Gasteiger partial charge in [0.25, 0.3) is 0 Å². The van der Waals surface area contributed by atoms with E-state index in [1.807, 2.05) is 0 Å². The summed E-state index contributed by atoms with van der Waals surface area (Å²) in [6.45, 7) is 2.69. The Morgan fingerprint density at radius 1 is 0.667 bits per heavy atom. The van der Waals surface area contributed by atoms with E-state index in [4.69, 9.17) is 5.11 Å². The molecule has 2 fully saturated rings. The number of rotatable bonds is 14. The topological polar surface area (TPSA) is 20.2 Å². The monoisotopic (exact) mass is 294 g/mol. The van der Waals surface area contributed by atoms with Gasteiger partial charge in [0.15, 0.2) is 0 Å². The molecular formula is C20H38O. The van der Waals surface area contributed by atoms with Gasteiger partial charge in [0, 0.05) is 6.61 Å². The highest BCUT2D eigenvalue weighted by Gasteiger charge is 2.44. The largest absolute Gasteiger partial charge is 0.396 e. The van der Waals surface area contributed by atoms with Crippen LogP contribution in [0.15, 0.2) is 0 Å². The van der Waals surface area contributed by atoms with Crippen LogP contribution in [-0.4, -0.2) is 11.7 Å². The van der Waals surface area contributed by atoms with E-state index in [1.54, 1.807) is 19.3 Å². The summed E-state index contributed by atoms with van der Waals surface area (Å²) in [6.07, 6.45) is 19.9. The van der Waals surface area contributed by atoms with Crippen molar-refractivity contribution in [1.29, 1.82) is 0 Å². The van der Waals surface area contributed by atoms with Gasteiger partial charge in [0.1, 0.15) is 0 Å². The third kappa shape index (κ3) is 7.17. The van der Waals surface area contributed by atoms with Gasteiger partial charge in [0.2, 0.25) is 0 Å². The lowest BCUT2D eigenvalue weighted by Gasteiger charge is -2.02. The Morgan fingerprint density at radius 2 is 1.19 bits per heavy atom. The minimum atomic E-state index is 0.379. The van der Waals surface area contributed by atoms with Crippen molar-refractivity contribution in [2.45, 2.75) is 96.8 Å². The van der Waals surface area contributed by atoms with Crippen molar-refractivity contribution >= 4 is 0 Å². The van der Waals surface area contributed by atoms with Gasteiger partial charge in [-0.25, -0.2) is 0 Å². The lowest BCUT2D eigenvalue weighted by Crippen LogP contribution is -1.90. The molecule has 0 radical (unpaired) electrons. The summed E-state index contributed by atoms with van der Waals surface area (Å²) >= 11 is 0. The maximum Gasteiger partial charge on any atom is 0.0431 e. The number of aliphatic hydroxyl groups excluding tert-OH is 1. The second-order valence-corrected chi connectivity index (χ2v) is 7.88. The third-order valence-electron chi connectivity index (χ3n) is 5.91. The van der Waals surface area contributed by atoms with E-state index in [0.717, 1.165) is 30.1 Å². The Hall–Kier alpha value is -0.0400. The minimum Gasteiger partial charge on any atom is -0.396 e. The first kappa shape index (κ1) is 17.3. The number of hydrogen-bond acceptors (Lipinski definition) is 1. The first-order valence-corrected chi connectivity index (χ1v) is 9.96. The van der Waals surface area contributed by atoms with Gasteiger partial charge in [-0.3, -0.25) is 0 Å². The highest BCUT2D eigenvalue weighted by atomic mass is 16.2. The molecule has 1 N–H and O–H groups in total. The Kier molecular flexibility index (Phi) is 8.14. The normalized spacial score (nSPS) is 30.6. The van der Waals surface area contributed by atoms with E-state index < -0.39 is 0 Å². The predicted octanol–water partition coefficient (Wildman–Crippen LogP) is 5.95. The summed E-state index contributed by atoms with van der Waals surface area (Å²) in [5, 5.41) is 8.74. The quantitative estimate of drug-likeness (QED) is 0.392. The van der Waals surface area contributed by atoms with Gasteiger partial charge < -0.3 is 5.11 Å². The van der Waals surface area contributed by atoms with E-state index in [2.05, 4.69) is 6.92 Å². The molecule has 0 aromatic rings. The van der Waals surface area contributed by atoms with Crippen LogP contribution in [0.1, 0.15) is 96.8 Å². The maximum absolute atomic E-state index is 8.74. The van der Waals surface area contributed by atoms with Crippen molar-refractivity contribution in [3.63, 3.8) is 0 Å². The van der Waals surface area contributed by atoms with Crippen LogP contribution in [0.4, 0.5) is 0 Å². The summed E-state index contributed by atoms with van der Waals surface area (Å²) in [5.41, 5.74) is 0. The van der Waals surface area contributed by atoms with E-state index in [-0.39, 0.29) is 0 Å². The molecule has 124 valence electrons. The fourth-order valence-electron chi connectivity index (χ4n) is 4.18. The average Bonchev–Trinajstić information content (AvgIpc) is 3.39. The molecule has 0 bridgehead atoms. The summed E-state index contributed by atoms with van der Waals surface area (Å²) in [6, 6.07) is 0. The first-order chi connectivity index (χ1) is 10.3. The van der Waals surface area contributed by atoms with Crippen LogP contribution < -0.4 is 0 Å². The molecule has 0 aromatic carbocycles. The van der Waals surface area contributed by atoms with E-state index in [0.29, 0.717) is 6.61 Å². The van der Waals surface area contributed by atoms with Crippen molar-refractivity contribution in [3.8, 4) is 0 Å². The first-order valence-electron chi connectivity index (χ1n) is 9.96. The molecule has 2 rings (SSSR count). The van der Waals surface area contributed by atoms with Crippen LogP contribution in [0.3, 0.4) is 0 Å². The minimum absolute atomic E-state index is 0.379. The van der Waals surface area contributed by atoms with Crippen molar-refractivity contribution in [2.24, 2.45) is 23.7 Å². The van der Waals surface area contributed by atoms with Gasteiger partial charge in [-0.15, -0.1) is 0 Å². The fourth-order valence-corrected chi connectivity index (χ4v) is 4.18. The van der Waals surface area contributed by atoms with E-state index in [9.17, 15) is 0 Å². The van der Waals surface area contributed by atoms with Crippen LogP contribution in [0.25, 0.3) is 0 Å². The molecule has 1 heteroatoms. The smallest absolute Gasteiger partial charge is 0.0431 e. The molecule has 1 nitrogen and oxygen atoms in total. The Balaban J connectivity index is 1.36. The highest BCUT2D eigenvalue weighted by Crippen LogP contribution is 2.54. The van der Waals surface area contributed by atoms with Crippen molar-refractivity contribution < 1.29 is 5.11 Å². The molecule has 0 spiro atoms. The van der Waals surface area contributed by atoms with Crippen molar-refractivity contribution in [2.75, 3.05) is 6.61 Å². The summed E-state index contributed by atoms with van der Waals surface area (Å²) in [4.78, 5) is 0. The van der Waals surface area contributed by atoms with Gasteiger partial charge in [-0.05, 0) is 49.4 Å². The predicted molar refractivity (Wildman–Crippen MR) is 91.4 cm³/mol. The lowest BCUT2D eigenvalue weighted by molar-refractivity contribution is 0.282. The summed E-state index contributed by atoms with van der Waals surface area (Å²) < 4.78 is 0. The van der Waals surface area contributed by atoms with Crippen LogP contribution in [0.2, 0.25) is 0 Å². The zero-order valence-corrected chi connectivity index (χ0v) is 14.4. The Bertz CT molecular complexity index is 263. The third-order valence-corrected chi connectivity index (χ3v) is 5.91. The van der Waals surface area contributed by atoms with Gasteiger partial charge in [0.05, 0.1) is 0 Å². The number of hydrogen-bond donors (Lipinski definition) is 1. The molecule has 0 amide bonds. The molecule has 21 heavy (non-hydrogen) atoms. The Morgan fingerprint density at radius 3 is 1.76 bits per heavy atom. The second kappa shape index (κ2) is 9.87. The van der Waals surface area contributed by atoms with Gasteiger partial charge >= 0.3 is 0 Å². The fraction of sp³-hybridized carbons (Fsp3) is 1.00. The summed E-state index contributed by atoms with van der Waals surface area (Å²) in [5.74, 6) is 4.50. The van der Waals surface area contributed by atoms with Gasteiger partial charge in [-0.1, -0.05) is 71.1 Å². The number of unbranched alkanes of at least 4 members (excludes halogenated alkanes) is 7. The molecule has 2 aliphatic rings. The zero-order valence-electron chi connectivity index (χ0n) is 14.4. The number of aliphatic hydroxyl groups is 1. The van der Waals surface area contributed by atoms with Crippen LogP contribution >= 0.6 is 0 Å². The maximum atomic E-state index is 8.74. The second-order valence-electron chi connectivity index (χ2n) is 7.88. The Labute approximate surface area is 132 Å². The molecule has 1 unspecified atom stereocenters. The van der Waals surface area contributed by atoms with E-state index >= 15 is 0 Å². The highest BCUT2D eigenvalue weighted by molar-refractivity contribution is 4.94. The van der Waals surface area contributed by atoms with Crippen LogP contribution in [0, 0.1) is 23.7 Å². The molecule has 2 saturated carbocycles. The molecule has 0 saturated heterocycles. The van der Waals surface area contributed by atoms with Crippen LogP contribution in [0.5, 0.6) is 0 Å². The molecular weight excluding hydrogens is 256 g/mol. The van der Waals surface area contributed by atoms with Gasteiger partial charge in [-0.2, -0.15) is 0 Å². The molecule has 0 heterocycles. The zero-order chi connectivity index (χ0) is 14.9. The molecule has 2 aliphatic carbocycles. The molecule has 0 aliphatic heterocycles. The molecule has 4 atom stereocenters. The molecule has 0 aromatic heterocycles.